The molecule has 0 saturated heterocycles. The number of benzene rings is 1. The molecule has 0 spiro atoms. The lowest BCUT2D eigenvalue weighted by atomic mass is 10.0. The smallest absolute Gasteiger partial charge is 0.156 e. The zero-order valence-corrected chi connectivity index (χ0v) is 19.3. The molecule has 0 aliphatic carbocycles. The minimum absolute atomic E-state index is 0.312. The van der Waals surface area contributed by atoms with Crippen molar-refractivity contribution in [2.75, 3.05) is 18.9 Å². The summed E-state index contributed by atoms with van der Waals surface area (Å²) in [5, 5.41) is 4.22. The predicted octanol–water partition coefficient (Wildman–Crippen LogP) is 5.05. The summed E-state index contributed by atoms with van der Waals surface area (Å²) in [4.78, 5) is 13.5. The van der Waals surface area contributed by atoms with Crippen molar-refractivity contribution in [3.63, 3.8) is 0 Å². The normalized spacial score (nSPS) is 19.4. The van der Waals surface area contributed by atoms with E-state index in [1.54, 1.807) is 36.5 Å². The zero-order chi connectivity index (χ0) is 21.5. The first-order chi connectivity index (χ1) is 14.2. The first-order valence-corrected chi connectivity index (χ1v) is 11.0. The van der Waals surface area contributed by atoms with Crippen molar-refractivity contribution in [2.45, 2.75) is 24.6 Å². The molecular formula is C21H22BrFN6S. The predicted molar refractivity (Wildman–Crippen MR) is 126 cm³/mol. The average molecular weight is 489 g/mol. The SMILES string of the molecule is CN1CC(c2cc(Nc3nccc4cc(Br)cnc34)ccc2F)N=C(N)C(C)(C)S1. The summed E-state index contributed by atoms with van der Waals surface area (Å²) in [6.07, 6.45) is 3.44. The van der Waals surface area contributed by atoms with E-state index < -0.39 is 6.04 Å². The van der Waals surface area contributed by atoms with Gasteiger partial charge in [0.05, 0.1) is 10.8 Å². The number of likely N-dealkylation sites (N-methyl/N-ethyl adjacent to an activating group) is 1. The minimum atomic E-state index is -0.402. The molecule has 0 radical (unpaired) electrons. The lowest BCUT2D eigenvalue weighted by Crippen LogP contribution is -2.36. The van der Waals surface area contributed by atoms with Crippen molar-refractivity contribution in [1.29, 1.82) is 0 Å². The van der Waals surface area contributed by atoms with Crippen LogP contribution in [0.25, 0.3) is 10.9 Å². The minimum Gasteiger partial charge on any atom is -0.386 e. The van der Waals surface area contributed by atoms with Crippen LogP contribution in [-0.4, -0.2) is 38.4 Å². The Kier molecular flexibility index (Phi) is 5.69. The molecule has 0 bridgehead atoms. The Labute approximate surface area is 187 Å². The monoisotopic (exact) mass is 488 g/mol. The van der Waals surface area contributed by atoms with E-state index >= 15 is 0 Å². The summed E-state index contributed by atoms with van der Waals surface area (Å²) in [6, 6.07) is 8.37. The van der Waals surface area contributed by atoms with E-state index in [0.717, 1.165) is 15.4 Å². The maximum atomic E-state index is 14.8. The van der Waals surface area contributed by atoms with Gasteiger partial charge in [-0.2, -0.15) is 0 Å². The number of fused-ring (bicyclic) bond motifs is 1. The molecule has 0 amide bonds. The molecule has 1 unspecified atom stereocenters. The topological polar surface area (TPSA) is 79.4 Å². The Morgan fingerprint density at radius 3 is 2.87 bits per heavy atom. The summed E-state index contributed by atoms with van der Waals surface area (Å²) in [5.41, 5.74) is 8.17. The lowest BCUT2D eigenvalue weighted by molar-refractivity contribution is 0.489. The van der Waals surface area contributed by atoms with Crippen LogP contribution in [0, 0.1) is 5.82 Å². The molecule has 30 heavy (non-hydrogen) atoms. The quantitative estimate of drug-likeness (QED) is 0.502. The van der Waals surface area contributed by atoms with Crippen LogP contribution in [0.1, 0.15) is 25.5 Å². The van der Waals surface area contributed by atoms with Gasteiger partial charge in [0, 0.05) is 40.0 Å². The largest absolute Gasteiger partial charge is 0.386 e. The number of nitrogens with two attached hydrogens (primary N) is 1. The fourth-order valence-corrected chi connectivity index (χ4v) is 4.88. The number of halogens is 2. The van der Waals surface area contributed by atoms with Crippen LogP contribution in [-0.2, 0) is 0 Å². The third-order valence-corrected chi connectivity index (χ3v) is 6.47. The fourth-order valence-electron chi connectivity index (χ4n) is 3.39. The first kappa shape index (κ1) is 21.0. The lowest BCUT2D eigenvalue weighted by Gasteiger charge is -2.25. The standard InChI is InChI=1S/C21H22BrFN6S/c1-21(2)20(24)28-17(11-29(3)30-21)15-9-14(4-5-16(15)23)27-19-18-12(6-7-25-19)8-13(22)10-26-18/h4-10,17H,11H2,1-3H3,(H2,24,28)(H,25,27). The molecule has 3 heterocycles. The second kappa shape index (κ2) is 8.13. The van der Waals surface area contributed by atoms with Gasteiger partial charge in [-0.15, -0.1) is 0 Å². The summed E-state index contributed by atoms with van der Waals surface area (Å²) < 4.78 is 17.4. The zero-order valence-electron chi connectivity index (χ0n) is 16.9. The van der Waals surface area contributed by atoms with Crippen LogP contribution in [0.3, 0.4) is 0 Å². The highest BCUT2D eigenvalue weighted by atomic mass is 79.9. The molecular weight excluding hydrogens is 467 g/mol. The van der Waals surface area contributed by atoms with Crippen LogP contribution < -0.4 is 11.1 Å². The van der Waals surface area contributed by atoms with Crippen molar-refractivity contribution in [1.82, 2.24) is 14.3 Å². The molecule has 0 saturated carbocycles. The van der Waals surface area contributed by atoms with E-state index in [0.29, 0.717) is 29.4 Å². The number of aromatic nitrogens is 2. The summed E-state index contributed by atoms with van der Waals surface area (Å²) in [7, 11) is 1.97. The van der Waals surface area contributed by atoms with Crippen LogP contribution in [0.15, 0.2) is 52.2 Å². The maximum Gasteiger partial charge on any atom is 0.156 e. The van der Waals surface area contributed by atoms with Gasteiger partial charge in [-0.3, -0.25) is 14.3 Å². The number of hydrogen-bond donors (Lipinski definition) is 2. The number of anilines is 2. The number of amidine groups is 1. The maximum absolute atomic E-state index is 14.8. The van der Waals surface area contributed by atoms with Gasteiger partial charge in [0.1, 0.15) is 17.2 Å². The number of hydrogen-bond acceptors (Lipinski definition) is 7. The van der Waals surface area contributed by atoms with Crippen LogP contribution in [0.2, 0.25) is 0 Å². The number of nitrogens with zero attached hydrogens (tertiary/aromatic N) is 4. The van der Waals surface area contributed by atoms with Crippen molar-refractivity contribution in [2.24, 2.45) is 10.7 Å². The molecule has 156 valence electrons. The molecule has 1 atom stereocenters. The van der Waals surface area contributed by atoms with E-state index in [1.165, 1.54) is 6.07 Å². The molecule has 2 aromatic heterocycles. The van der Waals surface area contributed by atoms with Gasteiger partial charge in [-0.25, -0.2) is 9.37 Å². The van der Waals surface area contributed by atoms with Crippen molar-refractivity contribution < 1.29 is 4.39 Å². The Morgan fingerprint density at radius 1 is 1.27 bits per heavy atom. The number of pyridine rings is 2. The first-order valence-electron chi connectivity index (χ1n) is 9.44. The third-order valence-electron chi connectivity index (χ3n) is 4.91. The van der Waals surface area contributed by atoms with Gasteiger partial charge in [0.15, 0.2) is 5.82 Å². The van der Waals surface area contributed by atoms with Gasteiger partial charge in [-0.1, -0.05) is 11.9 Å². The molecule has 4 rings (SSSR count). The third kappa shape index (κ3) is 4.28. The second-order valence-corrected chi connectivity index (χ2v) is 10.4. The van der Waals surface area contributed by atoms with E-state index in [4.69, 9.17) is 5.73 Å². The summed E-state index contributed by atoms with van der Waals surface area (Å²) in [6.45, 7) is 4.58. The number of aliphatic imine (C=N–C) groups is 1. The number of rotatable bonds is 3. The van der Waals surface area contributed by atoms with Gasteiger partial charge >= 0.3 is 0 Å². The van der Waals surface area contributed by atoms with E-state index in [-0.39, 0.29) is 10.6 Å². The molecule has 1 aliphatic heterocycles. The van der Waals surface area contributed by atoms with Gasteiger partial charge in [-0.05, 0) is 67.2 Å². The Balaban J connectivity index is 1.70. The van der Waals surface area contributed by atoms with Crippen LogP contribution >= 0.6 is 27.9 Å². The number of nitrogens with one attached hydrogen (secondary N) is 1. The molecule has 6 nitrogen and oxygen atoms in total. The Bertz CT molecular complexity index is 1140. The van der Waals surface area contributed by atoms with Gasteiger partial charge in [0.25, 0.3) is 0 Å². The van der Waals surface area contributed by atoms with Crippen molar-refractivity contribution in [3.05, 3.63) is 58.6 Å². The highest BCUT2D eigenvalue weighted by molar-refractivity contribution is 9.10. The molecule has 9 heteroatoms. The molecule has 1 aliphatic rings. The van der Waals surface area contributed by atoms with Gasteiger partial charge < -0.3 is 11.1 Å². The molecule has 0 fully saturated rings. The van der Waals surface area contributed by atoms with E-state index in [1.807, 2.05) is 33.0 Å². The summed E-state index contributed by atoms with van der Waals surface area (Å²) >= 11 is 5.04. The average Bonchev–Trinajstić information content (AvgIpc) is 2.78. The fraction of sp³-hybridized carbons (Fsp3) is 0.286. The second-order valence-electron chi connectivity index (χ2n) is 7.69. The van der Waals surface area contributed by atoms with Crippen molar-refractivity contribution >= 4 is 56.1 Å². The van der Waals surface area contributed by atoms with Gasteiger partial charge in [0.2, 0.25) is 0 Å². The highest BCUT2D eigenvalue weighted by Gasteiger charge is 2.32. The van der Waals surface area contributed by atoms with Crippen LogP contribution in [0.4, 0.5) is 15.9 Å². The van der Waals surface area contributed by atoms with Crippen molar-refractivity contribution in [3.8, 4) is 0 Å². The molecule has 3 N–H and O–H groups in total. The van der Waals surface area contributed by atoms with Crippen LogP contribution in [0.5, 0.6) is 0 Å². The summed E-state index contributed by atoms with van der Waals surface area (Å²) in [5.74, 6) is 0.800. The molecule has 3 aromatic rings. The van der Waals surface area contributed by atoms with E-state index in [9.17, 15) is 4.39 Å². The Hall–Kier alpha value is -2.23. The van der Waals surface area contributed by atoms with E-state index in [2.05, 4.69) is 40.5 Å². The highest BCUT2D eigenvalue weighted by Crippen LogP contribution is 2.36. The Morgan fingerprint density at radius 2 is 2.07 bits per heavy atom. The molecule has 1 aromatic carbocycles.